The number of anilines is 1. The Kier molecular flexibility index (Phi) is 4.21. The van der Waals surface area contributed by atoms with Crippen molar-refractivity contribution < 1.29 is 9.18 Å². The summed E-state index contributed by atoms with van der Waals surface area (Å²) in [7, 11) is 0. The summed E-state index contributed by atoms with van der Waals surface area (Å²) in [6.07, 6.45) is 1.77. The number of hydrogen-bond donors (Lipinski definition) is 0. The minimum atomic E-state index is -0.489. The smallest absolute Gasteiger partial charge is 0.258 e. The number of benzene rings is 1. The van der Waals surface area contributed by atoms with Gasteiger partial charge in [0.1, 0.15) is 5.82 Å². The van der Waals surface area contributed by atoms with Gasteiger partial charge in [-0.05, 0) is 28.1 Å². The third-order valence-electron chi connectivity index (χ3n) is 3.43. The summed E-state index contributed by atoms with van der Waals surface area (Å²) in [5, 5.41) is 2.90. The lowest BCUT2D eigenvalue weighted by Gasteiger charge is -2.34. The molecule has 0 N–H and O–H groups in total. The molecule has 0 radical (unpaired) electrons. The van der Waals surface area contributed by atoms with Crippen LogP contribution in [0, 0.1) is 5.82 Å². The molecule has 2 aromatic rings. The van der Waals surface area contributed by atoms with E-state index in [1.54, 1.807) is 34.6 Å². The van der Waals surface area contributed by atoms with Crippen molar-refractivity contribution in [1.29, 1.82) is 0 Å². The normalized spacial score (nSPS) is 15.3. The van der Waals surface area contributed by atoms with Crippen LogP contribution in [0.3, 0.4) is 0 Å². The Labute approximate surface area is 134 Å². The van der Waals surface area contributed by atoms with E-state index in [9.17, 15) is 9.18 Å². The third-order valence-corrected chi connectivity index (χ3v) is 4.93. The molecule has 0 unspecified atom stereocenters. The van der Waals surface area contributed by atoms with Gasteiger partial charge in [0.15, 0.2) is 5.13 Å². The van der Waals surface area contributed by atoms with E-state index < -0.39 is 5.82 Å². The van der Waals surface area contributed by atoms with Gasteiger partial charge in [0.2, 0.25) is 0 Å². The number of carbonyl (C=O) groups excluding carboxylic acids is 1. The summed E-state index contributed by atoms with van der Waals surface area (Å²) in [5.41, 5.74) is 0.111. The number of thiazole rings is 1. The Bertz CT molecular complexity index is 621. The van der Waals surface area contributed by atoms with Crippen molar-refractivity contribution in [3.8, 4) is 0 Å². The first kappa shape index (κ1) is 14.5. The number of piperazine rings is 1. The fraction of sp³-hybridized carbons (Fsp3) is 0.286. The van der Waals surface area contributed by atoms with Crippen molar-refractivity contribution in [2.75, 3.05) is 31.1 Å². The molecular weight excluding hydrogens is 357 g/mol. The third kappa shape index (κ3) is 2.94. The maximum absolute atomic E-state index is 13.9. The lowest BCUT2D eigenvalue weighted by molar-refractivity contribution is 0.0741. The molecule has 0 bridgehead atoms. The zero-order chi connectivity index (χ0) is 14.8. The summed E-state index contributed by atoms with van der Waals surface area (Å²) >= 11 is 4.84. The first-order valence-electron chi connectivity index (χ1n) is 6.54. The lowest BCUT2D eigenvalue weighted by Crippen LogP contribution is -2.49. The fourth-order valence-corrected chi connectivity index (χ4v) is 3.54. The van der Waals surface area contributed by atoms with E-state index in [1.807, 2.05) is 5.38 Å². The van der Waals surface area contributed by atoms with Crippen LogP contribution in [-0.2, 0) is 0 Å². The molecular formula is C14H13BrFN3OS. The van der Waals surface area contributed by atoms with E-state index in [1.165, 1.54) is 6.07 Å². The predicted octanol–water partition coefficient (Wildman–Crippen LogP) is 3.01. The van der Waals surface area contributed by atoms with Crippen LogP contribution in [0.2, 0.25) is 0 Å². The molecule has 4 nitrogen and oxygen atoms in total. The minimum absolute atomic E-state index is 0.111. The quantitative estimate of drug-likeness (QED) is 0.816. The number of amides is 1. The van der Waals surface area contributed by atoms with Gasteiger partial charge in [0.05, 0.1) is 5.56 Å². The van der Waals surface area contributed by atoms with Crippen molar-refractivity contribution in [2.24, 2.45) is 0 Å². The number of hydrogen-bond acceptors (Lipinski definition) is 4. The van der Waals surface area contributed by atoms with Gasteiger partial charge in [-0.3, -0.25) is 4.79 Å². The minimum Gasteiger partial charge on any atom is -0.345 e. The number of nitrogens with zero attached hydrogens (tertiary/aromatic N) is 3. The van der Waals surface area contributed by atoms with Gasteiger partial charge >= 0.3 is 0 Å². The first-order valence-corrected chi connectivity index (χ1v) is 8.22. The molecule has 0 spiro atoms. The molecule has 2 heterocycles. The largest absolute Gasteiger partial charge is 0.345 e. The van der Waals surface area contributed by atoms with E-state index in [0.717, 1.165) is 5.13 Å². The Morgan fingerprint density at radius 3 is 2.67 bits per heavy atom. The maximum Gasteiger partial charge on any atom is 0.258 e. The molecule has 1 fully saturated rings. The van der Waals surface area contributed by atoms with Crippen LogP contribution in [0.5, 0.6) is 0 Å². The highest BCUT2D eigenvalue weighted by atomic mass is 79.9. The Morgan fingerprint density at radius 2 is 2.05 bits per heavy atom. The van der Waals surface area contributed by atoms with Crippen molar-refractivity contribution in [3.05, 3.63) is 45.6 Å². The fourth-order valence-electron chi connectivity index (χ4n) is 2.33. The van der Waals surface area contributed by atoms with Gasteiger partial charge in [0.25, 0.3) is 5.91 Å². The van der Waals surface area contributed by atoms with Crippen LogP contribution < -0.4 is 4.90 Å². The second-order valence-electron chi connectivity index (χ2n) is 4.69. The van der Waals surface area contributed by atoms with Gasteiger partial charge in [-0.1, -0.05) is 6.07 Å². The molecule has 110 valence electrons. The Balaban J connectivity index is 1.71. The summed E-state index contributed by atoms with van der Waals surface area (Å²) in [4.78, 5) is 20.6. The number of aromatic nitrogens is 1. The van der Waals surface area contributed by atoms with E-state index in [4.69, 9.17) is 0 Å². The second kappa shape index (κ2) is 6.11. The topological polar surface area (TPSA) is 36.4 Å². The van der Waals surface area contributed by atoms with Crippen molar-refractivity contribution >= 4 is 38.3 Å². The van der Waals surface area contributed by atoms with E-state index >= 15 is 0 Å². The predicted molar refractivity (Wildman–Crippen MR) is 84.3 cm³/mol. The summed E-state index contributed by atoms with van der Waals surface area (Å²) in [5.74, 6) is -0.754. The standard InChI is InChI=1S/C14H13BrFN3OS/c15-10-2-1-3-11(16)12(10)13(20)18-5-7-19(8-6-18)14-17-4-9-21-14/h1-4,9H,5-8H2. The highest BCUT2D eigenvalue weighted by Crippen LogP contribution is 2.23. The number of rotatable bonds is 2. The first-order chi connectivity index (χ1) is 10.2. The molecule has 1 aliphatic rings. The van der Waals surface area contributed by atoms with Crippen molar-refractivity contribution in [2.45, 2.75) is 0 Å². The second-order valence-corrected chi connectivity index (χ2v) is 6.42. The summed E-state index contributed by atoms with van der Waals surface area (Å²) in [6.45, 7) is 2.56. The zero-order valence-electron chi connectivity index (χ0n) is 11.1. The number of carbonyl (C=O) groups is 1. The van der Waals surface area contributed by atoms with Crippen LogP contribution in [0.4, 0.5) is 9.52 Å². The van der Waals surface area contributed by atoms with E-state index in [2.05, 4.69) is 25.8 Å². The van der Waals surface area contributed by atoms with Crippen LogP contribution >= 0.6 is 27.3 Å². The molecule has 0 atom stereocenters. The van der Waals surface area contributed by atoms with Gasteiger partial charge in [-0.15, -0.1) is 11.3 Å². The monoisotopic (exact) mass is 369 g/mol. The molecule has 1 aromatic carbocycles. The number of halogens is 2. The molecule has 7 heteroatoms. The van der Waals surface area contributed by atoms with Crippen LogP contribution in [-0.4, -0.2) is 42.0 Å². The molecule has 21 heavy (non-hydrogen) atoms. The maximum atomic E-state index is 13.9. The molecule has 0 saturated carbocycles. The van der Waals surface area contributed by atoms with Crippen LogP contribution in [0.25, 0.3) is 0 Å². The SMILES string of the molecule is O=C(c1c(F)cccc1Br)N1CCN(c2nccs2)CC1. The Morgan fingerprint density at radius 1 is 1.29 bits per heavy atom. The average molecular weight is 370 g/mol. The van der Waals surface area contributed by atoms with Crippen LogP contribution in [0.15, 0.2) is 34.2 Å². The van der Waals surface area contributed by atoms with E-state index in [0.29, 0.717) is 30.7 Å². The van der Waals surface area contributed by atoms with E-state index in [-0.39, 0.29) is 11.5 Å². The van der Waals surface area contributed by atoms with Gasteiger partial charge in [-0.2, -0.15) is 0 Å². The molecule has 1 amide bonds. The van der Waals surface area contributed by atoms with Crippen molar-refractivity contribution in [1.82, 2.24) is 9.88 Å². The van der Waals surface area contributed by atoms with Gasteiger partial charge < -0.3 is 9.80 Å². The highest BCUT2D eigenvalue weighted by molar-refractivity contribution is 9.10. The summed E-state index contributed by atoms with van der Waals surface area (Å²) < 4.78 is 14.4. The molecule has 1 aliphatic heterocycles. The average Bonchev–Trinajstić information content (AvgIpc) is 3.01. The lowest BCUT2D eigenvalue weighted by atomic mass is 10.1. The Hall–Kier alpha value is -1.47. The van der Waals surface area contributed by atoms with Gasteiger partial charge in [-0.25, -0.2) is 9.37 Å². The summed E-state index contributed by atoms with van der Waals surface area (Å²) in [6, 6.07) is 4.57. The highest BCUT2D eigenvalue weighted by Gasteiger charge is 2.26. The molecule has 1 aromatic heterocycles. The van der Waals surface area contributed by atoms with Crippen LogP contribution in [0.1, 0.15) is 10.4 Å². The molecule has 0 aliphatic carbocycles. The molecule has 3 rings (SSSR count). The van der Waals surface area contributed by atoms with Crippen molar-refractivity contribution in [3.63, 3.8) is 0 Å². The molecule has 1 saturated heterocycles. The van der Waals surface area contributed by atoms with Gasteiger partial charge in [0, 0.05) is 42.2 Å². The zero-order valence-corrected chi connectivity index (χ0v) is 13.5.